The highest BCUT2D eigenvalue weighted by Gasteiger charge is 2.30. The molecule has 1 aliphatic rings. The fourth-order valence-corrected chi connectivity index (χ4v) is 3.37. The zero-order valence-corrected chi connectivity index (χ0v) is 16.7. The number of hydrogen-bond donors (Lipinski definition) is 1. The van der Waals surface area contributed by atoms with Crippen LogP contribution in [0.5, 0.6) is 0 Å². The molecular formula is C20H25ClN4O2. The van der Waals surface area contributed by atoms with Gasteiger partial charge in [-0.3, -0.25) is 14.7 Å². The van der Waals surface area contributed by atoms with Crippen LogP contribution in [0.2, 0.25) is 5.02 Å². The molecule has 0 bridgehead atoms. The van der Waals surface area contributed by atoms with Crippen molar-refractivity contribution in [1.82, 2.24) is 20.0 Å². The topological polar surface area (TPSA) is 69.3 Å². The number of rotatable bonds is 4. The molecule has 1 aliphatic heterocycles. The van der Waals surface area contributed by atoms with Crippen LogP contribution < -0.4 is 0 Å². The van der Waals surface area contributed by atoms with Crippen LogP contribution in [-0.4, -0.2) is 58.0 Å². The molecule has 2 heterocycles. The molecule has 1 aromatic carbocycles. The van der Waals surface area contributed by atoms with Gasteiger partial charge >= 0.3 is 0 Å². The average molecular weight is 389 g/mol. The maximum atomic E-state index is 12.8. The van der Waals surface area contributed by atoms with Crippen LogP contribution in [-0.2, 0) is 4.79 Å². The maximum Gasteiger partial charge on any atom is 0.271 e. The third-order valence-corrected chi connectivity index (χ3v) is 5.45. The van der Waals surface area contributed by atoms with Crippen molar-refractivity contribution >= 4 is 23.4 Å². The Balaban J connectivity index is 1.61. The van der Waals surface area contributed by atoms with Crippen LogP contribution in [0.1, 0.15) is 37.2 Å². The van der Waals surface area contributed by atoms with Crippen LogP contribution in [0.4, 0.5) is 0 Å². The second-order valence-corrected chi connectivity index (χ2v) is 7.72. The lowest BCUT2D eigenvalue weighted by Crippen LogP contribution is -2.45. The second kappa shape index (κ2) is 8.13. The number of H-pyrrole nitrogens is 1. The Morgan fingerprint density at radius 2 is 1.85 bits per heavy atom. The van der Waals surface area contributed by atoms with Crippen molar-refractivity contribution in [1.29, 1.82) is 0 Å². The van der Waals surface area contributed by atoms with Gasteiger partial charge in [-0.1, -0.05) is 23.7 Å². The van der Waals surface area contributed by atoms with E-state index < -0.39 is 0 Å². The van der Waals surface area contributed by atoms with Crippen LogP contribution in [0.15, 0.2) is 30.3 Å². The first kappa shape index (κ1) is 19.4. The quantitative estimate of drug-likeness (QED) is 0.872. The highest BCUT2D eigenvalue weighted by molar-refractivity contribution is 6.30. The fourth-order valence-electron chi connectivity index (χ4n) is 3.24. The Labute approximate surface area is 164 Å². The van der Waals surface area contributed by atoms with Crippen molar-refractivity contribution in [2.45, 2.75) is 32.7 Å². The molecule has 144 valence electrons. The van der Waals surface area contributed by atoms with E-state index in [1.54, 1.807) is 28.0 Å². The van der Waals surface area contributed by atoms with Crippen molar-refractivity contribution in [2.75, 3.05) is 20.1 Å². The van der Waals surface area contributed by atoms with E-state index in [2.05, 4.69) is 10.2 Å². The summed E-state index contributed by atoms with van der Waals surface area (Å²) in [4.78, 5) is 28.8. The first-order valence-electron chi connectivity index (χ1n) is 9.24. The van der Waals surface area contributed by atoms with Gasteiger partial charge in [0.2, 0.25) is 5.91 Å². The Hall–Kier alpha value is -2.34. The number of hydrogen-bond acceptors (Lipinski definition) is 3. The summed E-state index contributed by atoms with van der Waals surface area (Å²) >= 11 is 5.91. The molecule has 3 rings (SSSR count). The largest absolute Gasteiger partial charge is 0.343 e. The molecule has 0 unspecified atom stereocenters. The minimum Gasteiger partial charge on any atom is -0.343 e. The van der Waals surface area contributed by atoms with Crippen LogP contribution in [0.25, 0.3) is 11.3 Å². The normalized spacial score (nSPS) is 15.2. The summed E-state index contributed by atoms with van der Waals surface area (Å²) in [6.07, 6.45) is 1.39. The molecule has 0 saturated carbocycles. The van der Waals surface area contributed by atoms with E-state index in [9.17, 15) is 9.59 Å². The smallest absolute Gasteiger partial charge is 0.271 e. The number of carbonyl (C=O) groups excluding carboxylic acids is 2. The molecule has 2 aromatic rings. The van der Waals surface area contributed by atoms with Gasteiger partial charge in [0.05, 0.1) is 5.69 Å². The zero-order valence-electron chi connectivity index (χ0n) is 15.9. The van der Waals surface area contributed by atoms with Gasteiger partial charge in [0.15, 0.2) is 0 Å². The van der Waals surface area contributed by atoms with Crippen LogP contribution >= 0.6 is 11.6 Å². The molecule has 6 nitrogen and oxygen atoms in total. The van der Waals surface area contributed by atoms with Crippen molar-refractivity contribution in [2.24, 2.45) is 5.92 Å². The minimum atomic E-state index is -0.0779. The third-order valence-electron chi connectivity index (χ3n) is 5.20. The summed E-state index contributed by atoms with van der Waals surface area (Å²) in [5, 5.41) is 7.73. The van der Waals surface area contributed by atoms with Gasteiger partial charge in [-0.25, -0.2) is 0 Å². The van der Waals surface area contributed by atoms with E-state index in [4.69, 9.17) is 11.6 Å². The molecule has 7 heteroatoms. The molecular weight excluding hydrogens is 364 g/mol. The first-order chi connectivity index (χ1) is 12.9. The fraction of sp³-hybridized carbons (Fsp3) is 0.450. The van der Waals surface area contributed by atoms with Crippen molar-refractivity contribution in [3.63, 3.8) is 0 Å². The highest BCUT2D eigenvalue weighted by Crippen LogP contribution is 2.23. The van der Waals surface area contributed by atoms with Gasteiger partial charge in [-0.15, -0.1) is 0 Å². The summed E-state index contributed by atoms with van der Waals surface area (Å²) in [6, 6.07) is 9.28. The zero-order chi connectivity index (χ0) is 19.6. The number of nitrogens with zero attached hydrogens (tertiary/aromatic N) is 3. The standard InChI is InChI=1S/C20H25ClN4O2/c1-13(2)24(3)19(26)15-8-10-25(11-9-15)20(27)18-12-17(22-23-18)14-4-6-16(21)7-5-14/h4-7,12-13,15H,8-11H2,1-3H3,(H,22,23). The number of piperidine rings is 1. The maximum absolute atomic E-state index is 12.8. The van der Waals surface area contributed by atoms with E-state index in [1.807, 2.05) is 33.0 Å². The van der Waals surface area contributed by atoms with E-state index in [0.29, 0.717) is 42.3 Å². The number of halogens is 1. The van der Waals surface area contributed by atoms with Gasteiger partial charge in [0.1, 0.15) is 5.69 Å². The van der Waals surface area contributed by atoms with Gasteiger partial charge in [-0.2, -0.15) is 5.10 Å². The SMILES string of the molecule is CC(C)N(C)C(=O)C1CCN(C(=O)c2cc(-c3ccc(Cl)cc3)n[nH]2)CC1. The molecule has 0 aliphatic carbocycles. The van der Waals surface area contributed by atoms with E-state index >= 15 is 0 Å². The van der Waals surface area contributed by atoms with E-state index in [1.165, 1.54) is 0 Å². The molecule has 1 aromatic heterocycles. The molecule has 0 atom stereocenters. The predicted molar refractivity (Wildman–Crippen MR) is 106 cm³/mol. The monoisotopic (exact) mass is 388 g/mol. The van der Waals surface area contributed by atoms with E-state index in [-0.39, 0.29) is 23.8 Å². The highest BCUT2D eigenvalue weighted by atomic mass is 35.5. The summed E-state index contributed by atoms with van der Waals surface area (Å²) in [6.45, 7) is 5.17. The summed E-state index contributed by atoms with van der Waals surface area (Å²) < 4.78 is 0. The van der Waals surface area contributed by atoms with Crippen molar-refractivity contribution in [3.8, 4) is 11.3 Å². The number of amides is 2. The number of likely N-dealkylation sites (tertiary alicyclic amines) is 1. The van der Waals surface area contributed by atoms with Gasteiger partial charge in [-0.05, 0) is 44.9 Å². The lowest BCUT2D eigenvalue weighted by Gasteiger charge is -2.34. The molecule has 2 amide bonds. The number of benzene rings is 1. The molecule has 1 fully saturated rings. The Kier molecular flexibility index (Phi) is 5.85. The number of nitrogens with one attached hydrogen (secondary N) is 1. The average Bonchev–Trinajstić information content (AvgIpc) is 3.17. The van der Waals surface area contributed by atoms with Crippen LogP contribution in [0, 0.1) is 5.92 Å². The number of aromatic amines is 1. The van der Waals surface area contributed by atoms with Gasteiger partial charge in [0.25, 0.3) is 5.91 Å². The Morgan fingerprint density at radius 3 is 2.44 bits per heavy atom. The van der Waals surface area contributed by atoms with Crippen molar-refractivity contribution < 1.29 is 9.59 Å². The Morgan fingerprint density at radius 1 is 1.22 bits per heavy atom. The molecule has 1 saturated heterocycles. The van der Waals surface area contributed by atoms with Crippen LogP contribution in [0.3, 0.4) is 0 Å². The second-order valence-electron chi connectivity index (χ2n) is 7.28. The molecule has 1 N–H and O–H groups in total. The van der Waals surface area contributed by atoms with E-state index in [0.717, 1.165) is 5.56 Å². The van der Waals surface area contributed by atoms with Gasteiger partial charge < -0.3 is 9.80 Å². The van der Waals surface area contributed by atoms with Gasteiger partial charge in [0, 0.05) is 42.7 Å². The first-order valence-corrected chi connectivity index (χ1v) is 9.62. The molecule has 0 radical (unpaired) electrons. The number of aromatic nitrogens is 2. The number of carbonyl (C=O) groups is 2. The summed E-state index contributed by atoms with van der Waals surface area (Å²) in [5.41, 5.74) is 2.07. The van der Waals surface area contributed by atoms with Crippen molar-refractivity contribution in [3.05, 3.63) is 41.0 Å². The Bertz CT molecular complexity index is 808. The summed E-state index contributed by atoms with van der Waals surface area (Å²) in [7, 11) is 1.84. The summed E-state index contributed by atoms with van der Waals surface area (Å²) in [5.74, 6) is 0.0855. The molecule has 27 heavy (non-hydrogen) atoms. The lowest BCUT2D eigenvalue weighted by molar-refractivity contribution is -0.137. The minimum absolute atomic E-state index is 0.00662. The predicted octanol–water partition coefficient (Wildman–Crippen LogP) is 3.45. The molecule has 0 spiro atoms. The lowest BCUT2D eigenvalue weighted by atomic mass is 9.94. The third kappa shape index (κ3) is 4.33.